The molecule has 1 aromatic carbocycles. The van der Waals surface area contributed by atoms with Crippen LogP contribution in [0.15, 0.2) is 34.9 Å². The van der Waals surface area contributed by atoms with Crippen LogP contribution in [0, 0.1) is 0 Å². The number of rotatable bonds is 7. The summed E-state index contributed by atoms with van der Waals surface area (Å²) in [5.74, 6) is -1.10. The Morgan fingerprint density at radius 3 is 2.53 bits per heavy atom. The molecule has 1 atom stereocenters. The molecule has 10 heteroatoms. The van der Waals surface area contributed by atoms with Crippen molar-refractivity contribution in [3.05, 3.63) is 36.1 Å². The molecule has 2 aromatic rings. The van der Waals surface area contributed by atoms with Gasteiger partial charge >= 0.3 is 13.2 Å². The predicted octanol–water partition coefficient (Wildman–Crippen LogP) is 1.41. The highest BCUT2D eigenvalue weighted by atomic mass is 16.6. The fourth-order valence-electron chi connectivity index (χ4n) is 3.68. The molecule has 2 heterocycles. The summed E-state index contributed by atoms with van der Waals surface area (Å²) in [5, 5.41) is 23.1. The topological polar surface area (TPSA) is 115 Å². The third kappa shape index (κ3) is 6.72. The first-order valence-electron chi connectivity index (χ1n) is 10.9. The Morgan fingerprint density at radius 1 is 1.19 bits per heavy atom. The molecule has 0 aliphatic carbocycles. The first-order valence-corrected chi connectivity index (χ1v) is 10.9. The Kier molecular flexibility index (Phi) is 7.81. The van der Waals surface area contributed by atoms with Crippen LogP contribution < -0.4 is 5.32 Å². The van der Waals surface area contributed by atoms with Crippen molar-refractivity contribution >= 4 is 30.1 Å². The van der Waals surface area contributed by atoms with Gasteiger partial charge < -0.3 is 29.4 Å². The van der Waals surface area contributed by atoms with Crippen molar-refractivity contribution in [2.24, 2.45) is 0 Å². The number of para-hydroxylation sites is 1. The average Bonchev–Trinajstić information content (AvgIpc) is 3.14. The lowest BCUT2D eigenvalue weighted by molar-refractivity contribution is -0.122. The minimum atomic E-state index is -1.69. The Labute approximate surface area is 188 Å². The fourth-order valence-corrected chi connectivity index (χ4v) is 3.68. The summed E-state index contributed by atoms with van der Waals surface area (Å²) in [5.41, 5.74) is 0.992. The molecule has 0 saturated carbocycles. The zero-order chi connectivity index (χ0) is 23.3. The standard InChI is InChI=1S/C22H32BN3O6/c1-22(2,3)32-21(28)26-12-10-25(11-13-26)9-8-20(27)24-19(23(29)30)14-16-15-31-18-7-5-4-6-17(16)18/h4-7,15,19,29-30H,8-14H2,1-3H3,(H,24,27)/t19-/m0/s1. The van der Waals surface area contributed by atoms with Gasteiger partial charge in [-0.25, -0.2) is 4.79 Å². The minimum Gasteiger partial charge on any atom is -0.464 e. The van der Waals surface area contributed by atoms with Crippen LogP contribution in [-0.2, 0) is 16.0 Å². The van der Waals surface area contributed by atoms with E-state index in [2.05, 4.69) is 10.2 Å². The van der Waals surface area contributed by atoms with Crippen molar-refractivity contribution < 1.29 is 28.8 Å². The highest BCUT2D eigenvalue weighted by molar-refractivity contribution is 6.43. The number of nitrogens with one attached hydrogen (secondary N) is 1. The maximum absolute atomic E-state index is 12.5. The molecule has 1 fully saturated rings. The molecular formula is C22H32BN3O6. The van der Waals surface area contributed by atoms with Crippen molar-refractivity contribution in [3.8, 4) is 0 Å². The largest absolute Gasteiger partial charge is 0.475 e. The van der Waals surface area contributed by atoms with Crippen molar-refractivity contribution in [3.63, 3.8) is 0 Å². The molecule has 2 amide bonds. The molecule has 3 N–H and O–H groups in total. The van der Waals surface area contributed by atoms with E-state index in [4.69, 9.17) is 9.15 Å². The third-order valence-electron chi connectivity index (χ3n) is 5.39. The van der Waals surface area contributed by atoms with Crippen LogP contribution in [0.25, 0.3) is 11.0 Å². The predicted molar refractivity (Wildman–Crippen MR) is 121 cm³/mol. The van der Waals surface area contributed by atoms with Crippen LogP contribution in [0.5, 0.6) is 0 Å². The van der Waals surface area contributed by atoms with Crippen LogP contribution in [0.3, 0.4) is 0 Å². The first-order chi connectivity index (χ1) is 15.1. The maximum atomic E-state index is 12.5. The molecule has 0 radical (unpaired) electrons. The average molecular weight is 445 g/mol. The van der Waals surface area contributed by atoms with Crippen LogP contribution in [0.2, 0.25) is 0 Å². The number of carbonyl (C=O) groups is 2. The normalized spacial score (nSPS) is 16.1. The third-order valence-corrected chi connectivity index (χ3v) is 5.39. The molecule has 1 saturated heterocycles. The van der Waals surface area contributed by atoms with Crippen molar-refractivity contribution in [1.29, 1.82) is 0 Å². The zero-order valence-electron chi connectivity index (χ0n) is 18.9. The van der Waals surface area contributed by atoms with Gasteiger partial charge in [0.15, 0.2) is 0 Å². The van der Waals surface area contributed by atoms with Gasteiger partial charge in [0, 0.05) is 44.5 Å². The van der Waals surface area contributed by atoms with Gasteiger partial charge in [0.2, 0.25) is 5.91 Å². The Hall–Kier alpha value is -2.56. The van der Waals surface area contributed by atoms with E-state index in [1.807, 2.05) is 45.0 Å². The highest BCUT2D eigenvalue weighted by Crippen LogP contribution is 2.22. The van der Waals surface area contributed by atoms with Gasteiger partial charge in [0.25, 0.3) is 0 Å². The number of amides is 2. The van der Waals surface area contributed by atoms with Gasteiger partial charge in [-0.2, -0.15) is 0 Å². The van der Waals surface area contributed by atoms with E-state index in [0.29, 0.717) is 38.3 Å². The number of piperazine rings is 1. The van der Waals surface area contributed by atoms with Gasteiger partial charge in [-0.3, -0.25) is 9.69 Å². The molecule has 1 aromatic heterocycles. The molecule has 32 heavy (non-hydrogen) atoms. The first kappa shape index (κ1) is 24.1. The Balaban J connectivity index is 1.45. The summed E-state index contributed by atoms with van der Waals surface area (Å²) in [7, 11) is -1.69. The molecular weight excluding hydrogens is 413 g/mol. The quantitative estimate of drug-likeness (QED) is 0.552. The van der Waals surface area contributed by atoms with E-state index < -0.39 is 18.7 Å². The number of benzene rings is 1. The van der Waals surface area contributed by atoms with E-state index in [1.54, 1.807) is 11.2 Å². The second-order valence-corrected chi connectivity index (χ2v) is 9.11. The Morgan fingerprint density at radius 2 is 1.88 bits per heavy atom. The second kappa shape index (κ2) is 10.4. The smallest absolute Gasteiger partial charge is 0.464 e. The summed E-state index contributed by atoms with van der Waals surface area (Å²) in [4.78, 5) is 28.4. The molecule has 0 unspecified atom stereocenters. The lowest BCUT2D eigenvalue weighted by atomic mass is 9.76. The number of hydrogen-bond acceptors (Lipinski definition) is 7. The van der Waals surface area contributed by atoms with Gasteiger partial charge in [-0.1, -0.05) is 18.2 Å². The van der Waals surface area contributed by atoms with Crippen LogP contribution in [-0.4, -0.2) is 83.2 Å². The van der Waals surface area contributed by atoms with E-state index in [1.165, 1.54) is 0 Å². The molecule has 1 aliphatic heterocycles. The number of fused-ring (bicyclic) bond motifs is 1. The van der Waals surface area contributed by atoms with Crippen molar-refractivity contribution in [2.75, 3.05) is 32.7 Å². The summed E-state index contributed by atoms with van der Waals surface area (Å²) >= 11 is 0. The molecule has 0 spiro atoms. The highest BCUT2D eigenvalue weighted by Gasteiger charge is 2.28. The summed E-state index contributed by atoms with van der Waals surface area (Å²) < 4.78 is 10.9. The van der Waals surface area contributed by atoms with E-state index in [9.17, 15) is 19.6 Å². The maximum Gasteiger partial charge on any atom is 0.475 e. The molecule has 1 aliphatic rings. The van der Waals surface area contributed by atoms with Crippen molar-refractivity contribution in [1.82, 2.24) is 15.1 Å². The van der Waals surface area contributed by atoms with Crippen LogP contribution in [0.4, 0.5) is 4.79 Å². The number of furan rings is 1. The van der Waals surface area contributed by atoms with Gasteiger partial charge in [-0.15, -0.1) is 0 Å². The lowest BCUT2D eigenvalue weighted by Gasteiger charge is -2.35. The van der Waals surface area contributed by atoms with E-state index >= 15 is 0 Å². The number of ether oxygens (including phenoxy) is 1. The molecule has 174 valence electrons. The number of hydrogen-bond donors (Lipinski definition) is 3. The number of nitrogens with zero attached hydrogens (tertiary/aromatic N) is 2. The molecule has 0 bridgehead atoms. The Bertz CT molecular complexity index is 918. The van der Waals surface area contributed by atoms with E-state index in [0.717, 1.165) is 10.9 Å². The zero-order valence-corrected chi connectivity index (χ0v) is 18.9. The fraction of sp³-hybridized carbons (Fsp3) is 0.545. The van der Waals surface area contributed by atoms with Crippen LogP contribution >= 0.6 is 0 Å². The van der Waals surface area contributed by atoms with Crippen molar-refractivity contribution in [2.45, 2.75) is 45.2 Å². The van der Waals surface area contributed by atoms with Gasteiger partial charge in [0.05, 0.1) is 12.2 Å². The SMILES string of the molecule is CC(C)(C)OC(=O)N1CCN(CCC(=O)N[C@@H](Cc2coc3ccccc23)B(O)O)CC1. The lowest BCUT2D eigenvalue weighted by Crippen LogP contribution is -2.51. The molecule has 9 nitrogen and oxygen atoms in total. The van der Waals surface area contributed by atoms with E-state index in [-0.39, 0.29) is 24.8 Å². The summed E-state index contributed by atoms with van der Waals surface area (Å²) in [6.07, 6.45) is 1.73. The molecule has 3 rings (SSSR count). The monoisotopic (exact) mass is 445 g/mol. The summed E-state index contributed by atoms with van der Waals surface area (Å²) in [6, 6.07) is 7.48. The second-order valence-electron chi connectivity index (χ2n) is 9.11. The van der Waals surface area contributed by atoms with Crippen LogP contribution in [0.1, 0.15) is 32.8 Å². The minimum absolute atomic E-state index is 0.224. The van der Waals surface area contributed by atoms with Gasteiger partial charge in [-0.05, 0) is 38.8 Å². The van der Waals surface area contributed by atoms with Gasteiger partial charge in [0.1, 0.15) is 11.2 Å². The summed E-state index contributed by atoms with van der Waals surface area (Å²) in [6.45, 7) is 8.43. The number of carbonyl (C=O) groups excluding carboxylic acids is 2.